The van der Waals surface area contributed by atoms with Crippen molar-refractivity contribution in [2.75, 3.05) is 6.54 Å². The Hall–Kier alpha value is -3.52. The van der Waals surface area contributed by atoms with Crippen LogP contribution >= 0.6 is 0 Å². The van der Waals surface area contributed by atoms with E-state index in [2.05, 4.69) is 25.3 Å². The van der Waals surface area contributed by atoms with Gasteiger partial charge in [-0.15, -0.1) is 0 Å². The Labute approximate surface area is 154 Å². The van der Waals surface area contributed by atoms with E-state index in [0.717, 1.165) is 16.8 Å². The number of nitrogens with one attached hydrogen (secondary N) is 2. The van der Waals surface area contributed by atoms with Crippen molar-refractivity contribution in [2.45, 2.75) is 13.0 Å². The molecule has 0 aliphatic rings. The van der Waals surface area contributed by atoms with Gasteiger partial charge in [-0.25, -0.2) is 9.97 Å². The van der Waals surface area contributed by atoms with Crippen LogP contribution in [0.2, 0.25) is 0 Å². The monoisotopic (exact) mass is 362 g/mol. The molecule has 0 bridgehead atoms. The van der Waals surface area contributed by atoms with Gasteiger partial charge in [0.2, 0.25) is 0 Å². The number of hydrogen-bond acceptors (Lipinski definition) is 6. The lowest BCUT2D eigenvalue weighted by Gasteiger charge is -2.07. The minimum Gasteiger partial charge on any atom is -0.472 e. The number of aromatic amines is 1. The maximum absolute atomic E-state index is 12.6. The summed E-state index contributed by atoms with van der Waals surface area (Å²) >= 11 is 0. The lowest BCUT2D eigenvalue weighted by Crippen LogP contribution is -2.26. The number of fused-ring (bicyclic) bond motifs is 1. The van der Waals surface area contributed by atoms with Gasteiger partial charge in [-0.05, 0) is 36.2 Å². The van der Waals surface area contributed by atoms with Crippen LogP contribution in [0.5, 0.6) is 0 Å². The number of imidazole rings is 1. The highest BCUT2D eigenvalue weighted by Gasteiger charge is 2.15. The molecule has 0 unspecified atom stereocenters. The van der Waals surface area contributed by atoms with E-state index in [1.54, 1.807) is 37.1 Å². The summed E-state index contributed by atoms with van der Waals surface area (Å²) in [5.74, 6) is 0.426. The van der Waals surface area contributed by atoms with Gasteiger partial charge >= 0.3 is 0 Å². The highest BCUT2D eigenvalue weighted by Crippen LogP contribution is 2.21. The van der Waals surface area contributed by atoms with Crippen LogP contribution < -0.4 is 11.1 Å². The van der Waals surface area contributed by atoms with Crippen LogP contribution in [-0.4, -0.2) is 32.4 Å². The Bertz CT molecular complexity index is 1070. The highest BCUT2D eigenvalue weighted by molar-refractivity contribution is 6.04. The molecule has 0 saturated heterocycles. The third kappa shape index (κ3) is 3.56. The van der Waals surface area contributed by atoms with E-state index in [1.165, 1.54) is 0 Å². The zero-order chi connectivity index (χ0) is 18.6. The van der Waals surface area contributed by atoms with Crippen molar-refractivity contribution in [1.82, 2.24) is 25.3 Å². The normalized spacial score (nSPS) is 11.0. The lowest BCUT2D eigenvalue weighted by molar-refractivity contribution is 0.0955. The minimum atomic E-state index is -0.183. The molecule has 4 heterocycles. The Morgan fingerprint density at radius 3 is 2.93 bits per heavy atom. The smallest absolute Gasteiger partial charge is 0.253 e. The quantitative estimate of drug-likeness (QED) is 0.482. The average Bonchev–Trinajstić information content (AvgIpc) is 3.37. The second kappa shape index (κ2) is 7.38. The fourth-order valence-corrected chi connectivity index (χ4v) is 2.85. The second-order valence-electron chi connectivity index (χ2n) is 6.02. The molecule has 27 heavy (non-hydrogen) atoms. The van der Waals surface area contributed by atoms with Gasteiger partial charge in [0.25, 0.3) is 5.91 Å². The Morgan fingerprint density at radius 1 is 1.22 bits per heavy atom. The third-order valence-electron chi connectivity index (χ3n) is 4.22. The highest BCUT2D eigenvalue weighted by atomic mass is 16.3. The van der Waals surface area contributed by atoms with Gasteiger partial charge in [-0.2, -0.15) is 0 Å². The largest absolute Gasteiger partial charge is 0.472 e. The molecule has 1 amide bonds. The number of carbonyl (C=O) groups excluding carboxylic acids is 1. The van der Waals surface area contributed by atoms with Crippen LogP contribution in [-0.2, 0) is 13.0 Å². The summed E-state index contributed by atoms with van der Waals surface area (Å²) in [4.78, 5) is 28.6. The third-order valence-corrected chi connectivity index (χ3v) is 4.22. The molecular weight excluding hydrogens is 344 g/mol. The van der Waals surface area contributed by atoms with Crippen molar-refractivity contribution in [1.29, 1.82) is 0 Å². The molecule has 0 aliphatic heterocycles. The summed E-state index contributed by atoms with van der Waals surface area (Å²) in [6.07, 6.45) is 7.15. The molecule has 4 aromatic heterocycles. The molecule has 0 fully saturated rings. The van der Waals surface area contributed by atoms with Crippen LogP contribution in [0.3, 0.4) is 0 Å². The van der Waals surface area contributed by atoms with Crippen LogP contribution in [0.1, 0.15) is 21.6 Å². The Morgan fingerprint density at radius 2 is 2.11 bits per heavy atom. The number of nitrogens with two attached hydrogens (primary N) is 1. The van der Waals surface area contributed by atoms with Crippen LogP contribution in [0.25, 0.3) is 22.6 Å². The molecule has 0 radical (unpaired) electrons. The summed E-state index contributed by atoms with van der Waals surface area (Å²) in [6, 6.07) is 7.33. The summed E-state index contributed by atoms with van der Waals surface area (Å²) in [5, 5.41) is 2.94. The van der Waals surface area contributed by atoms with Gasteiger partial charge in [-0.1, -0.05) is 0 Å². The number of nitrogens with zero attached hydrogens (tertiary/aromatic N) is 3. The predicted molar refractivity (Wildman–Crippen MR) is 99.8 cm³/mol. The van der Waals surface area contributed by atoms with E-state index < -0.39 is 0 Å². The molecule has 8 heteroatoms. The number of hydrogen-bond donors (Lipinski definition) is 3. The lowest BCUT2D eigenvalue weighted by atomic mass is 10.1. The molecule has 136 valence electrons. The number of carbonyl (C=O) groups is 1. The molecule has 4 aromatic rings. The number of furan rings is 1. The van der Waals surface area contributed by atoms with Gasteiger partial charge in [0.1, 0.15) is 12.1 Å². The van der Waals surface area contributed by atoms with Crippen LogP contribution in [0.15, 0.2) is 53.6 Å². The van der Waals surface area contributed by atoms with Crippen molar-refractivity contribution in [3.63, 3.8) is 0 Å². The van der Waals surface area contributed by atoms with Crippen molar-refractivity contribution < 1.29 is 9.21 Å². The molecular formula is C19H18N6O2. The molecule has 0 aliphatic carbocycles. The number of H-pyrrole nitrogens is 1. The van der Waals surface area contributed by atoms with E-state index in [1.807, 2.05) is 12.1 Å². The average molecular weight is 362 g/mol. The molecule has 4 rings (SSSR count). The van der Waals surface area contributed by atoms with Crippen molar-refractivity contribution in [3.05, 3.63) is 66.0 Å². The molecule has 0 spiro atoms. The van der Waals surface area contributed by atoms with Crippen molar-refractivity contribution in [2.24, 2.45) is 5.73 Å². The van der Waals surface area contributed by atoms with Gasteiger partial charge in [-0.3, -0.25) is 9.78 Å². The fourth-order valence-electron chi connectivity index (χ4n) is 2.85. The van der Waals surface area contributed by atoms with E-state index in [4.69, 9.17) is 10.2 Å². The van der Waals surface area contributed by atoms with Gasteiger partial charge in [0, 0.05) is 25.5 Å². The summed E-state index contributed by atoms with van der Waals surface area (Å²) in [5.41, 5.74) is 9.90. The van der Waals surface area contributed by atoms with Crippen LogP contribution in [0.4, 0.5) is 0 Å². The Balaban J connectivity index is 1.49. The van der Waals surface area contributed by atoms with Gasteiger partial charge < -0.3 is 20.5 Å². The van der Waals surface area contributed by atoms with E-state index >= 15 is 0 Å². The maximum Gasteiger partial charge on any atom is 0.253 e. The number of amides is 1. The first-order valence-electron chi connectivity index (χ1n) is 8.54. The molecule has 0 aromatic carbocycles. The topological polar surface area (TPSA) is 123 Å². The van der Waals surface area contributed by atoms with Gasteiger partial charge in [0.15, 0.2) is 5.65 Å². The second-order valence-corrected chi connectivity index (χ2v) is 6.02. The van der Waals surface area contributed by atoms with Crippen LogP contribution in [0, 0.1) is 0 Å². The number of aromatic nitrogens is 4. The first kappa shape index (κ1) is 16.9. The van der Waals surface area contributed by atoms with Crippen molar-refractivity contribution in [3.8, 4) is 11.4 Å². The maximum atomic E-state index is 12.6. The summed E-state index contributed by atoms with van der Waals surface area (Å²) in [7, 11) is 0. The van der Waals surface area contributed by atoms with E-state index in [9.17, 15) is 4.79 Å². The SMILES string of the molecule is NCc1cc(CCNC(=O)c2ccnc3nc(-c4ccoc4)[nH]c23)ccn1. The minimum absolute atomic E-state index is 0.183. The summed E-state index contributed by atoms with van der Waals surface area (Å²) < 4.78 is 5.08. The zero-order valence-corrected chi connectivity index (χ0v) is 14.5. The first-order chi connectivity index (χ1) is 13.2. The summed E-state index contributed by atoms with van der Waals surface area (Å²) in [6.45, 7) is 0.896. The van der Waals surface area contributed by atoms with Gasteiger partial charge in [0.05, 0.1) is 28.6 Å². The molecule has 4 N–H and O–H groups in total. The molecule has 8 nitrogen and oxygen atoms in total. The fraction of sp³-hybridized carbons (Fsp3) is 0.158. The molecule has 0 atom stereocenters. The standard InChI is InChI=1S/C19H18N6O2/c20-10-14-9-12(1-5-21-14)2-6-23-19(26)15-3-7-22-18-16(15)24-17(25-18)13-4-8-27-11-13/h1,3-5,7-9,11H,2,6,10,20H2,(H,23,26)(H,22,24,25). The van der Waals surface area contributed by atoms with E-state index in [-0.39, 0.29) is 5.91 Å². The Kier molecular flexibility index (Phi) is 4.63. The van der Waals surface area contributed by atoms with Crippen molar-refractivity contribution >= 4 is 17.1 Å². The number of rotatable bonds is 6. The number of pyridine rings is 2. The predicted octanol–water partition coefficient (Wildman–Crippen LogP) is 2.04. The first-order valence-corrected chi connectivity index (χ1v) is 8.54. The zero-order valence-electron chi connectivity index (χ0n) is 14.5. The molecule has 0 saturated carbocycles. The van der Waals surface area contributed by atoms with E-state index in [0.29, 0.717) is 42.1 Å².